The lowest BCUT2D eigenvalue weighted by molar-refractivity contribution is 0.0827. The number of hydrogen-bond donors (Lipinski definition) is 2. The van der Waals surface area contributed by atoms with Crippen LogP contribution in [0.15, 0.2) is 53.5 Å². The summed E-state index contributed by atoms with van der Waals surface area (Å²) in [4.78, 5) is 17.9. The van der Waals surface area contributed by atoms with Crippen molar-refractivity contribution in [3.8, 4) is 0 Å². The number of aliphatic imine (C=N–C) groups is 1. The molecule has 0 heterocycles. The van der Waals surface area contributed by atoms with Crippen LogP contribution in [0, 0.1) is 0 Å². The van der Waals surface area contributed by atoms with Gasteiger partial charge in [0.05, 0.1) is 6.04 Å². The molecule has 1 unspecified atom stereocenters. The maximum atomic E-state index is 12.1. The van der Waals surface area contributed by atoms with E-state index < -0.39 is 0 Å². The fraction of sp³-hybridized carbons (Fsp3) is 0.333. The van der Waals surface area contributed by atoms with Gasteiger partial charge in [0.15, 0.2) is 5.96 Å². The number of guanidine groups is 1. The van der Waals surface area contributed by atoms with E-state index in [0.29, 0.717) is 12.1 Å². The summed E-state index contributed by atoms with van der Waals surface area (Å²) in [6.07, 6.45) is 0.796. The Morgan fingerprint density at radius 1 is 1.19 bits per heavy atom. The van der Waals surface area contributed by atoms with Crippen LogP contribution < -0.4 is 10.6 Å². The summed E-state index contributed by atoms with van der Waals surface area (Å²) < 4.78 is 0. The molecule has 6 heteroatoms. The van der Waals surface area contributed by atoms with Gasteiger partial charge in [0.25, 0.3) is 5.91 Å². The molecule has 144 valence electrons. The zero-order valence-corrected chi connectivity index (χ0v) is 17.0. The highest BCUT2D eigenvalue weighted by atomic mass is 35.5. The molecule has 0 bridgehead atoms. The quantitative estimate of drug-likeness (QED) is 0.590. The second-order valence-corrected chi connectivity index (χ2v) is 7.00. The summed E-state index contributed by atoms with van der Waals surface area (Å²) >= 11 is 5.94. The molecule has 0 spiro atoms. The van der Waals surface area contributed by atoms with Gasteiger partial charge in [0.1, 0.15) is 0 Å². The largest absolute Gasteiger partial charge is 0.356 e. The van der Waals surface area contributed by atoms with Crippen LogP contribution >= 0.6 is 11.6 Å². The Morgan fingerprint density at radius 3 is 2.52 bits per heavy atom. The highest BCUT2D eigenvalue weighted by Crippen LogP contribution is 2.15. The number of rotatable bonds is 6. The Labute approximate surface area is 166 Å². The van der Waals surface area contributed by atoms with Gasteiger partial charge in [0.2, 0.25) is 0 Å². The molecule has 0 saturated carbocycles. The fourth-order valence-corrected chi connectivity index (χ4v) is 2.80. The molecule has 2 aromatic carbocycles. The molecule has 27 heavy (non-hydrogen) atoms. The Balaban J connectivity index is 1.88. The summed E-state index contributed by atoms with van der Waals surface area (Å²) in [5, 5.41) is 7.41. The first-order chi connectivity index (χ1) is 12.9. The van der Waals surface area contributed by atoms with E-state index in [4.69, 9.17) is 11.6 Å². The first-order valence-electron chi connectivity index (χ1n) is 8.94. The molecule has 0 radical (unpaired) electrons. The molecular weight excluding hydrogens is 360 g/mol. The maximum absolute atomic E-state index is 12.1. The van der Waals surface area contributed by atoms with Gasteiger partial charge in [-0.3, -0.25) is 9.79 Å². The zero-order chi connectivity index (χ0) is 19.8. The van der Waals surface area contributed by atoms with E-state index in [-0.39, 0.29) is 11.9 Å². The molecule has 0 aliphatic carbocycles. The standard InChI is InChI=1S/C21H27ClN4O/c1-15(17-8-10-19(22)11-9-17)25-21(23-2)24-13-12-16-6-5-7-18(14-16)20(27)26(3)4/h5-11,14-15H,12-13H2,1-4H3,(H2,23,24,25). The van der Waals surface area contributed by atoms with Crippen molar-refractivity contribution < 1.29 is 4.79 Å². The molecule has 2 aromatic rings. The third kappa shape index (κ3) is 6.29. The smallest absolute Gasteiger partial charge is 0.253 e. The molecule has 1 amide bonds. The van der Waals surface area contributed by atoms with Gasteiger partial charge < -0.3 is 15.5 Å². The molecular formula is C21H27ClN4O. The summed E-state index contributed by atoms with van der Waals surface area (Å²) in [7, 11) is 5.27. The van der Waals surface area contributed by atoms with Crippen LogP contribution in [0.2, 0.25) is 5.02 Å². The van der Waals surface area contributed by atoms with E-state index in [1.165, 1.54) is 0 Å². The SMILES string of the molecule is CN=C(NCCc1cccc(C(=O)N(C)C)c1)NC(C)c1ccc(Cl)cc1. The second-order valence-electron chi connectivity index (χ2n) is 6.57. The number of carbonyl (C=O) groups excluding carboxylic acids is 1. The van der Waals surface area contributed by atoms with Crippen LogP contribution in [-0.2, 0) is 6.42 Å². The van der Waals surface area contributed by atoms with Crippen molar-refractivity contribution in [2.75, 3.05) is 27.7 Å². The molecule has 0 saturated heterocycles. The van der Waals surface area contributed by atoms with Crippen molar-refractivity contribution in [2.45, 2.75) is 19.4 Å². The van der Waals surface area contributed by atoms with Gasteiger partial charge >= 0.3 is 0 Å². The lowest BCUT2D eigenvalue weighted by Crippen LogP contribution is -2.39. The summed E-state index contributed by atoms with van der Waals surface area (Å²) in [6.45, 7) is 2.79. The predicted molar refractivity (Wildman–Crippen MR) is 113 cm³/mol. The fourth-order valence-electron chi connectivity index (χ4n) is 2.68. The number of nitrogens with one attached hydrogen (secondary N) is 2. The molecule has 0 aliphatic rings. The molecule has 0 fully saturated rings. The van der Waals surface area contributed by atoms with E-state index >= 15 is 0 Å². The van der Waals surface area contributed by atoms with Crippen LogP contribution in [0.3, 0.4) is 0 Å². The van der Waals surface area contributed by atoms with E-state index in [0.717, 1.165) is 28.5 Å². The Bertz CT molecular complexity index is 787. The minimum Gasteiger partial charge on any atom is -0.356 e. The van der Waals surface area contributed by atoms with Crippen molar-refractivity contribution in [3.63, 3.8) is 0 Å². The van der Waals surface area contributed by atoms with E-state index in [2.05, 4.69) is 22.5 Å². The maximum Gasteiger partial charge on any atom is 0.253 e. The third-order valence-electron chi connectivity index (χ3n) is 4.23. The molecule has 0 aromatic heterocycles. The minimum atomic E-state index is 0.0130. The number of amides is 1. The molecule has 0 aliphatic heterocycles. The lowest BCUT2D eigenvalue weighted by Gasteiger charge is -2.18. The second kappa shape index (κ2) is 9.97. The zero-order valence-electron chi connectivity index (χ0n) is 16.3. The van der Waals surface area contributed by atoms with Gasteiger partial charge in [-0.25, -0.2) is 0 Å². The topological polar surface area (TPSA) is 56.7 Å². The Hall–Kier alpha value is -2.53. The molecule has 2 rings (SSSR count). The number of benzene rings is 2. The van der Waals surface area contributed by atoms with Crippen LogP contribution in [0.1, 0.15) is 34.5 Å². The van der Waals surface area contributed by atoms with Crippen LogP contribution in [0.25, 0.3) is 0 Å². The number of nitrogens with zero attached hydrogens (tertiary/aromatic N) is 2. The van der Waals surface area contributed by atoms with Gasteiger partial charge in [0, 0.05) is 38.3 Å². The van der Waals surface area contributed by atoms with Crippen molar-refractivity contribution >= 4 is 23.5 Å². The van der Waals surface area contributed by atoms with Crippen LogP contribution in [0.5, 0.6) is 0 Å². The Kier molecular flexibility index (Phi) is 7.67. The van der Waals surface area contributed by atoms with Gasteiger partial charge in [-0.05, 0) is 48.7 Å². The first kappa shape index (κ1) is 20.8. The highest BCUT2D eigenvalue weighted by molar-refractivity contribution is 6.30. The highest BCUT2D eigenvalue weighted by Gasteiger charge is 2.09. The Morgan fingerprint density at radius 2 is 1.89 bits per heavy atom. The van der Waals surface area contributed by atoms with Gasteiger partial charge in [-0.1, -0.05) is 35.9 Å². The average molecular weight is 387 g/mol. The molecule has 2 N–H and O–H groups in total. The summed E-state index contributed by atoms with van der Waals surface area (Å²) in [6, 6.07) is 15.6. The number of hydrogen-bond acceptors (Lipinski definition) is 2. The summed E-state index contributed by atoms with van der Waals surface area (Å²) in [5.41, 5.74) is 2.95. The monoisotopic (exact) mass is 386 g/mol. The third-order valence-corrected chi connectivity index (χ3v) is 4.49. The van der Waals surface area contributed by atoms with Crippen molar-refractivity contribution in [3.05, 3.63) is 70.2 Å². The van der Waals surface area contributed by atoms with Gasteiger partial charge in [-0.15, -0.1) is 0 Å². The van der Waals surface area contributed by atoms with E-state index in [1.54, 1.807) is 26.0 Å². The normalized spacial score (nSPS) is 12.4. The van der Waals surface area contributed by atoms with Crippen LogP contribution in [0.4, 0.5) is 0 Å². The summed E-state index contributed by atoms with van der Waals surface area (Å²) in [5.74, 6) is 0.747. The average Bonchev–Trinajstić information content (AvgIpc) is 2.67. The first-order valence-corrected chi connectivity index (χ1v) is 9.31. The molecule has 5 nitrogen and oxygen atoms in total. The van der Waals surface area contributed by atoms with Gasteiger partial charge in [-0.2, -0.15) is 0 Å². The van der Waals surface area contributed by atoms with E-state index in [9.17, 15) is 4.79 Å². The lowest BCUT2D eigenvalue weighted by atomic mass is 10.1. The molecule has 1 atom stereocenters. The predicted octanol–water partition coefficient (Wildman–Crippen LogP) is 3.51. The van der Waals surface area contributed by atoms with Crippen molar-refractivity contribution in [2.24, 2.45) is 4.99 Å². The van der Waals surface area contributed by atoms with Crippen molar-refractivity contribution in [1.82, 2.24) is 15.5 Å². The van der Waals surface area contributed by atoms with Crippen molar-refractivity contribution in [1.29, 1.82) is 0 Å². The number of carbonyl (C=O) groups is 1. The van der Waals surface area contributed by atoms with Crippen LogP contribution in [-0.4, -0.2) is 44.5 Å². The van der Waals surface area contributed by atoms with E-state index in [1.807, 2.05) is 48.5 Å². The number of halogens is 1. The minimum absolute atomic E-state index is 0.0130.